The lowest BCUT2D eigenvalue weighted by Gasteiger charge is -2.39. The molecule has 0 radical (unpaired) electrons. The molecule has 0 aromatic heterocycles. The van der Waals surface area contributed by atoms with E-state index in [4.69, 9.17) is 15.2 Å². The van der Waals surface area contributed by atoms with Crippen LogP contribution in [0.5, 0.6) is 5.75 Å². The van der Waals surface area contributed by atoms with Crippen LogP contribution in [0, 0.1) is 5.92 Å². The van der Waals surface area contributed by atoms with Gasteiger partial charge in [-0.2, -0.15) is 0 Å². The number of para-hydroxylation sites is 1. The number of carbonyl (C=O) groups is 1. The highest BCUT2D eigenvalue weighted by Gasteiger charge is 2.39. The zero-order chi connectivity index (χ0) is 16.1. The topological polar surface area (TPSA) is 64.8 Å². The van der Waals surface area contributed by atoms with Crippen LogP contribution in [0.4, 0.5) is 0 Å². The van der Waals surface area contributed by atoms with Crippen LogP contribution < -0.4 is 10.5 Å². The zero-order valence-corrected chi connectivity index (χ0v) is 14.8. The molecule has 2 fully saturated rings. The van der Waals surface area contributed by atoms with Gasteiger partial charge in [0.25, 0.3) is 0 Å². The number of rotatable bonds is 4. The van der Waals surface area contributed by atoms with Crippen molar-refractivity contribution in [3.05, 3.63) is 30.3 Å². The highest BCUT2D eigenvalue weighted by atomic mass is 35.5. The Morgan fingerprint density at radius 1 is 1.21 bits per heavy atom. The SMILES string of the molecule is Cl.NC1(C(=O)N2CCC(COc3ccccc3)CC2)CCOCC1. The van der Waals surface area contributed by atoms with Crippen molar-refractivity contribution in [2.45, 2.75) is 31.2 Å². The van der Waals surface area contributed by atoms with Crippen LogP contribution in [0.25, 0.3) is 0 Å². The molecule has 0 aliphatic carbocycles. The molecular weight excluding hydrogens is 328 g/mol. The van der Waals surface area contributed by atoms with E-state index in [1.54, 1.807) is 0 Å². The van der Waals surface area contributed by atoms with Gasteiger partial charge >= 0.3 is 0 Å². The van der Waals surface area contributed by atoms with Crippen LogP contribution >= 0.6 is 12.4 Å². The number of ether oxygens (including phenoxy) is 2. The summed E-state index contributed by atoms with van der Waals surface area (Å²) in [5, 5.41) is 0. The molecule has 5 nitrogen and oxygen atoms in total. The van der Waals surface area contributed by atoms with Gasteiger partial charge in [-0.05, 0) is 43.7 Å². The molecule has 2 heterocycles. The Bertz CT molecular complexity index is 512. The Labute approximate surface area is 149 Å². The minimum atomic E-state index is -0.717. The summed E-state index contributed by atoms with van der Waals surface area (Å²) in [6.45, 7) is 3.45. The summed E-state index contributed by atoms with van der Waals surface area (Å²) < 4.78 is 11.2. The molecule has 6 heteroatoms. The summed E-state index contributed by atoms with van der Waals surface area (Å²) in [7, 11) is 0. The number of nitrogens with two attached hydrogens (primary N) is 1. The van der Waals surface area contributed by atoms with Gasteiger partial charge in [0, 0.05) is 26.3 Å². The van der Waals surface area contributed by atoms with Crippen molar-refractivity contribution in [3.8, 4) is 5.75 Å². The van der Waals surface area contributed by atoms with E-state index in [1.165, 1.54) is 0 Å². The predicted octanol–water partition coefficient (Wildman–Crippen LogP) is 2.23. The van der Waals surface area contributed by atoms with Crippen molar-refractivity contribution in [3.63, 3.8) is 0 Å². The first-order valence-corrected chi connectivity index (χ1v) is 8.51. The molecule has 0 spiro atoms. The van der Waals surface area contributed by atoms with Crippen molar-refractivity contribution in [1.29, 1.82) is 0 Å². The van der Waals surface area contributed by atoms with Crippen molar-refractivity contribution < 1.29 is 14.3 Å². The second kappa shape index (κ2) is 8.70. The second-order valence-electron chi connectivity index (χ2n) is 6.63. The maximum Gasteiger partial charge on any atom is 0.242 e. The standard InChI is InChI=1S/C18H26N2O3.ClH/c19-18(8-12-22-13-9-18)17(21)20-10-6-15(7-11-20)14-23-16-4-2-1-3-5-16;/h1-5,15H,6-14,19H2;1H. The van der Waals surface area contributed by atoms with Crippen LogP contribution in [0.15, 0.2) is 30.3 Å². The Morgan fingerprint density at radius 3 is 2.46 bits per heavy atom. The summed E-state index contributed by atoms with van der Waals surface area (Å²) in [4.78, 5) is 14.6. The third kappa shape index (κ3) is 4.62. The fourth-order valence-electron chi connectivity index (χ4n) is 3.30. The van der Waals surface area contributed by atoms with Gasteiger partial charge in [0.1, 0.15) is 5.75 Å². The smallest absolute Gasteiger partial charge is 0.242 e. The van der Waals surface area contributed by atoms with Crippen molar-refractivity contribution in [1.82, 2.24) is 4.90 Å². The molecule has 3 rings (SSSR count). The maximum atomic E-state index is 12.7. The average molecular weight is 355 g/mol. The number of benzene rings is 1. The molecule has 0 unspecified atom stereocenters. The number of hydrogen-bond acceptors (Lipinski definition) is 4. The minimum absolute atomic E-state index is 0. The fraction of sp³-hybridized carbons (Fsp3) is 0.611. The van der Waals surface area contributed by atoms with Crippen molar-refractivity contribution >= 4 is 18.3 Å². The van der Waals surface area contributed by atoms with Gasteiger partial charge in [-0.25, -0.2) is 0 Å². The van der Waals surface area contributed by atoms with Crippen LogP contribution in [-0.2, 0) is 9.53 Å². The molecule has 2 saturated heterocycles. The third-order valence-corrected chi connectivity index (χ3v) is 4.94. The molecule has 134 valence electrons. The highest BCUT2D eigenvalue weighted by Crippen LogP contribution is 2.25. The molecule has 0 saturated carbocycles. The molecule has 0 bridgehead atoms. The number of halogens is 1. The molecule has 1 aromatic carbocycles. The Hall–Kier alpha value is -1.30. The van der Waals surface area contributed by atoms with Crippen LogP contribution in [-0.4, -0.2) is 49.3 Å². The quantitative estimate of drug-likeness (QED) is 0.900. The molecule has 2 aliphatic rings. The fourth-order valence-corrected chi connectivity index (χ4v) is 3.30. The van der Waals surface area contributed by atoms with Gasteiger partial charge in [0.05, 0.1) is 12.1 Å². The van der Waals surface area contributed by atoms with Crippen LogP contribution in [0.2, 0.25) is 0 Å². The highest BCUT2D eigenvalue weighted by molar-refractivity contribution is 5.86. The Kier molecular flexibility index (Phi) is 6.90. The molecule has 2 N–H and O–H groups in total. The third-order valence-electron chi connectivity index (χ3n) is 4.94. The van der Waals surface area contributed by atoms with E-state index in [0.29, 0.717) is 38.6 Å². The van der Waals surface area contributed by atoms with Gasteiger partial charge < -0.3 is 20.1 Å². The summed E-state index contributed by atoms with van der Waals surface area (Å²) in [6, 6.07) is 9.89. The summed E-state index contributed by atoms with van der Waals surface area (Å²) in [5.74, 6) is 1.51. The first-order valence-electron chi connectivity index (χ1n) is 8.51. The number of hydrogen-bond donors (Lipinski definition) is 1. The monoisotopic (exact) mass is 354 g/mol. The number of likely N-dealkylation sites (tertiary alicyclic amines) is 1. The lowest BCUT2D eigenvalue weighted by molar-refractivity contribution is -0.142. The number of nitrogens with zero attached hydrogens (tertiary/aromatic N) is 1. The van der Waals surface area contributed by atoms with Crippen molar-refractivity contribution in [2.24, 2.45) is 11.7 Å². The van der Waals surface area contributed by atoms with E-state index < -0.39 is 5.54 Å². The summed E-state index contributed by atoms with van der Waals surface area (Å²) >= 11 is 0. The largest absolute Gasteiger partial charge is 0.493 e. The number of carbonyl (C=O) groups excluding carboxylic acids is 1. The lowest BCUT2D eigenvalue weighted by Crippen LogP contribution is -2.59. The Morgan fingerprint density at radius 2 is 1.83 bits per heavy atom. The lowest BCUT2D eigenvalue weighted by atomic mass is 9.88. The van der Waals surface area contributed by atoms with Crippen LogP contribution in [0.1, 0.15) is 25.7 Å². The first-order chi connectivity index (χ1) is 11.2. The van der Waals surface area contributed by atoms with E-state index in [9.17, 15) is 4.79 Å². The Balaban J connectivity index is 0.00000208. The van der Waals surface area contributed by atoms with Crippen molar-refractivity contribution in [2.75, 3.05) is 32.9 Å². The van der Waals surface area contributed by atoms with Gasteiger partial charge in [-0.1, -0.05) is 18.2 Å². The molecule has 1 amide bonds. The van der Waals surface area contributed by atoms with E-state index >= 15 is 0 Å². The van der Waals surface area contributed by atoms with Gasteiger partial charge in [-0.15, -0.1) is 12.4 Å². The molecule has 1 aromatic rings. The van der Waals surface area contributed by atoms with Crippen LogP contribution in [0.3, 0.4) is 0 Å². The summed E-state index contributed by atoms with van der Waals surface area (Å²) in [5.41, 5.74) is 5.59. The van der Waals surface area contributed by atoms with E-state index in [1.807, 2.05) is 35.2 Å². The zero-order valence-electron chi connectivity index (χ0n) is 14.0. The van der Waals surface area contributed by atoms with Gasteiger partial charge in [0.15, 0.2) is 0 Å². The normalized spacial score (nSPS) is 21.0. The number of amides is 1. The average Bonchev–Trinajstić information content (AvgIpc) is 2.61. The first kappa shape index (κ1) is 19.0. The predicted molar refractivity (Wildman–Crippen MR) is 95.5 cm³/mol. The van der Waals surface area contributed by atoms with Gasteiger partial charge in [0.2, 0.25) is 5.91 Å². The molecule has 24 heavy (non-hydrogen) atoms. The van der Waals surface area contributed by atoms with E-state index in [-0.39, 0.29) is 18.3 Å². The molecule has 0 atom stereocenters. The number of piperidine rings is 1. The molecular formula is C18H27ClN2O3. The summed E-state index contributed by atoms with van der Waals surface area (Å²) in [6.07, 6.45) is 3.21. The van der Waals surface area contributed by atoms with Gasteiger partial charge in [-0.3, -0.25) is 4.79 Å². The minimum Gasteiger partial charge on any atom is -0.493 e. The maximum absolute atomic E-state index is 12.7. The second-order valence-corrected chi connectivity index (χ2v) is 6.63. The molecule has 2 aliphatic heterocycles. The van der Waals surface area contributed by atoms with E-state index in [0.717, 1.165) is 31.7 Å². The van der Waals surface area contributed by atoms with E-state index in [2.05, 4.69) is 0 Å².